The van der Waals surface area contributed by atoms with Crippen LogP contribution in [0.5, 0.6) is 0 Å². The summed E-state index contributed by atoms with van der Waals surface area (Å²) in [4.78, 5) is 37.7. The van der Waals surface area contributed by atoms with E-state index in [0.717, 1.165) is 0 Å². The number of carbonyl (C=O) groups is 3. The molecule has 2 aromatic rings. The fraction of sp³-hybridized carbons (Fsp3) is 0.0833. The van der Waals surface area contributed by atoms with Crippen LogP contribution >= 0.6 is 27.3 Å². The normalized spacial score (nSPS) is 10.1. The summed E-state index contributed by atoms with van der Waals surface area (Å²) in [6, 6.07) is 4.82. The lowest BCUT2D eigenvalue weighted by molar-refractivity contribution is -0.123. The standard InChI is InChI=1S/C12H9BrN2O4S/c13-7-4-8(14-5-7)12(18)19-6-10(16)15-11(17)9-2-1-3-20-9/h1-5,14H,6H2,(H,15,16,17). The van der Waals surface area contributed by atoms with Crippen molar-refractivity contribution in [3.8, 4) is 0 Å². The minimum absolute atomic E-state index is 0.217. The summed E-state index contributed by atoms with van der Waals surface area (Å²) in [6.45, 7) is -0.521. The number of esters is 1. The lowest BCUT2D eigenvalue weighted by Gasteiger charge is -2.03. The predicted molar refractivity (Wildman–Crippen MR) is 75.6 cm³/mol. The van der Waals surface area contributed by atoms with Crippen LogP contribution in [0.2, 0.25) is 0 Å². The minimum Gasteiger partial charge on any atom is -0.451 e. The lowest BCUT2D eigenvalue weighted by atomic mass is 10.4. The molecule has 0 aliphatic carbocycles. The van der Waals surface area contributed by atoms with Crippen molar-refractivity contribution < 1.29 is 19.1 Å². The maximum Gasteiger partial charge on any atom is 0.355 e. The number of aromatic nitrogens is 1. The maximum atomic E-state index is 11.6. The average molecular weight is 357 g/mol. The van der Waals surface area contributed by atoms with E-state index in [1.807, 2.05) is 0 Å². The Balaban J connectivity index is 1.81. The van der Waals surface area contributed by atoms with Crippen LogP contribution in [0, 0.1) is 0 Å². The number of halogens is 1. The molecule has 2 heterocycles. The van der Waals surface area contributed by atoms with Crippen molar-refractivity contribution in [2.24, 2.45) is 0 Å². The lowest BCUT2D eigenvalue weighted by Crippen LogP contribution is -2.33. The Labute approximate surface area is 126 Å². The van der Waals surface area contributed by atoms with E-state index in [1.165, 1.54) is 17.4 Å². The van der Waals surface area contributed by atoms with E-state index in [2.05, 4.69) is 26.2 Å². The van der Waals surface area contributed by atoms with Gasteiger partial charge in [0, 0.05) is 10.7 Å². The fourth-order valence-corrected chi connectivity index (χ4v) is 2.29. The molecule has 0 fully saturated rings. The molecule has 20 heavy (non-hydrogen) atoms. The molecule has 0 atom stereocenters. The van der Waals surface area contributed by atoms with E-state index in [1.54, 1.807) is 23.7 Å². The Bertz CT molecular complexity index is 636. The molecule has 2 amide bonds. The minimum atomic E-state index is -0.678. The van der Waals surface area contributed by atoms with E-state index in [-0.39, 0.29) is 5.69 Å². The highest BCUT2D eigenvalue weighted by Gasteiger charge is 2.15. The first kappa shape index (κ1) is 14.5. The van der Waals surface area contributed by atoms with Crippen LogP contribution in [0.1, 0.15) is 20.2 Å². The van der Waals surface area contributed by atoms with Crippen LogP contribution in [-0.4, -0.2) is 29.4 Å². The number of ether oxygens (including phenoxy) is 1. The third-order valence-corrected chi connectivity index (χ3v) is 3.53. The average Bonchev–Trinajstić information content (AvgIpc) is 3.06. The van der Waals surface area contributed by atoms with Crippen molar-refractivity contribution in [1.29, 1.82) is 0 Å². The highest BCUT2D eigenvalue weighted by atomic mass is 79.9. The molecule has 0 radical (unpaired) electrons. The van der Waals surface area contributed by atoms with E-state index < -0.39 is 24.4 Å². The number of amides is 2. The fourth-order valence-electron chi connectivity index (χ4n) is 1.33. The molecule has 8 heteroatoms. The van der Waals surface area contributed by atoms with Crippen LogP contribution in [0.25, 0.3) is 0 Å². The van der Waals surface area contributed by atoms with Crippen LogP contribution in [-0.2, 0) is 9.53 Å². The second kappa shape index (κ2) is 6.49. The van der Waals surface area contributed by atoms with Crippen LogP contribution in [0.15, 0.2) is 34.2 Å². The monoisotopic (exact) mass is 356 g/mol. The number of imide groups is 1. The van der Waals surface area contributed by atoms with Gasteiger partial charge in [-0.2, -0.15) is 0 Å². The highest BCUT2D eigenvalue weighted by molar-refractivity contribution is 9.10. The van der Waals surface area contributed by atoms with Gasteiger partial charge in [-0.05, 0) is 33.4 Å². The molecule has 0 bridgehead atoms. The first-order valence-corrected chi connectivity index (χ1v) is 7.12. The molecule has 0 spiro atoms. The second-order valence-corrected chi connectivity index (χ2v) is 5.53. The number of carbonyl (C=O) groups excluding carboxylic acids is 3. The molecule has 0 saturated heterocycles. The van der Waals surface area contributed by atoms with Crippen LogP contribution < -0.4 is 5.32 Å². The van der Waals surface area contributed by atoms with Crippen LogP contribution in [0.4, 0.5) is 0 Å². The van der Waals surface area contributed by atoms with Crippen molar-refractivity contribution in [2.75, 3.05) is 6.61 Å². The van der Waals surface area contributed by atoms with Gasteiger partial charge in [0.25, 0.3) is 11.8 Å². The van der Waals surface area contributed by atoms with Gasteiger partial charge < -0.3 is 9.72 Å². The molecule has 2 aromatic heterocycles. The van der Waals surface area contributed by atoms with Gasteiger partial charge in [-0.1, -0.05) is 6.07 Å². The second-order valence-electron chi connectivity index (χ2n) is 3.66. The van der Waals surface area contributed by atoms with Gasteiger partial charge in [0.2, 0.25) is 0 Å². The van der Waals surface area contributed by atoms with Gasteiger partial charge >= 0.3 is 5.97 Å². The quantitative estimate of drug-likeness (QED) is 0.819. The number of thiophene rings is 1. The molecule has 0 aromatic carbocycles. The molecule has 2 N–H and O–H groups in total. The smallest absolute Gasteiger partial charge is 0.355 e. The summed E-state index contributed by atoms with van der Waals surface area (Å²) in [5.74, 6) is -1.86. The Morgan fingerprint density at radius 1 is 1.40 bits per heavy atom. The van der Waals surface area contributed by atoms with E-state index in [4.69, 9.17) is 4.74 Å². The van der Waals surface area contributed by atoms with Gasteiger partial charge in [0.1, 0.15) is 5.69 Å². The molecular weight excluding hydrogens is 348 g/mol. The molecule has 0 aliphatic heterocycles. The van der Waals surface area contributed by atoms with E-state index in [9.17, 15) is 14.4 Å². The summed E-state index contributed by atoms with van der Waals surface area (Å²) in [5, 5.41) is 3.85. The molecule has 0 aliphatic rings. The van der Waals surface area contributed by atoms with Crippen molar-refractivity contribution in [3.63, 3.8) is 0 Å². The molecule has 0 unspecified atom stereocenters. The number of rotatable bonds is 4. The summed E-state index contributed by atoms with van der Waals surface area (Å²) >= 11 is 4.39. The molecular formula is C12H9BrN2O4S. The Morgan fingerprint density at radius 2 is 2.20 bits per heavy atom. The van der Waals surface area contributed by atoms with Crippen LogP contribution in [0.3, 0.4) is 0 Å². The van der Waals surface area contributed by atoms with Gasteiger partial charge in [-0.25, -0.2) is 4.79 Å². The largest absolute Gasteiger partial charge is 0.451 e. The van der Waals surface area contributed by atoms with E-state index >= 15 is 0 Å². The number of aromatic amines is 1. The number of hydrogen-bond acceptors (Lipinski definition) is 5. The summed E-state index contributed by atoms with van der Waals surface area (Å²) in [6.07, 6.45) is 1.57. The zero-order chi connectivity index (χ0) is 14.5. The first-order chi connectivity index (χ1) is 9.56. The zero-order valence-corrected chi connectivity index (χ0v) is 12.4. The topological polar surface area (TPSA) is 88.3 Å². The Morgan fingerprint density at radius 3 is 2.80 bits per heavy atom. The maximum absolute atomic E-state index is 11.6. The SMILES string of the molecule is O=C(COC(=O)c1cc(Br)c[nH]1)NC(=O)c1cccs1. The van der Waals surface area contributed by atoms with Crippen molar-refractivity contribution in [1.82, 2.24) is 10.3 Å². The summed E-state index contributed by atoms with van der Waals surface area (Å²) in [5.41, 5.74) is 0.217. The number of nitrogens with one attached hydrogen (secondary N) is 2. The van der Waals surface area contributed by atoms with Gasteiger partial charge in [0.05, 0.1) is 4.88 Å². The predicted octanol–water partition coefficient (Wildman–Crippen LogP) is 1.95. The van der Waals surface area contributed by atoms with E-state index in [0.29, 0.717) is 9.35 Å². The first-order valence-electron chi connectivity index (χ1n) is 5.45. The summed E-state index contributed by atoms with van der Waals surface area (Å²) in [7, 11) is 0. The molecule has 104 valence electrons. The third-order valence-electron chi connectivity index (χ3n) is 2.20. The Kier molecular flexibility index (Phi) is 4.70. The zero-order valence-electron chi connectivity index (χ0n) is 10.0. The van der Waals surface area contributed by atoms with Crippen molar-refractivity contribution >= 4 is 45.1 Å². The Hall–Kier alpha value is -1.93. The van der Waals surface area contributed by atoms with Gasteiger partial charge in [-0.15, -0.1) is 11.3 Å². The molecule has 0 saturated carbocycles. The van der Waals surface area contributed by atoms with Crippen molar-refractivity contribution in [3.05, 3.63) is 44.8 Å². The molecule has 2 rings (SSSR count). The van der Waals surface area contributed by atoms with Crippen molar-refractivity contribution in [2.45, 2.75) is 0 Å². The van der Waals surface area contributed by atoms with Gasteiger partial charge in [0.15, 0.2) is 6.61 Å². The number of H-pyrrole nitrogens is 1. The summed E-state index contributed by atoms with van der Waals surface area (Å²) < 4.78 is 5.47. The molecule has 6 nitrogen and oxygen atoms in total. The number of hydrogen-bond donors (Lipinski definition) is 2. The highest BCUT2D eigenvalue weighted by Crippen LogP contribution is 2.11. The van der Waals surface area contributed by atoms with Gasteiger partial charge in [-0.3, -0.25) is 14.9 Å². The third kappa shape index (κ3) is 3.78.